The predicted octanol–water partition coefficient (Wildman–Crippen LogP) is 3.43. The molecule has 2 fully saturated rings. The molecule has 1 saturated heterocycles. The zero-order chi connectivity index (χ0) is 13.8. The Hall–Kier alpha value is -0.860. The fourth-order valence-electron chi connectivity index (χ4n) is 3.48. The van der Waals surface area contributed by atoms with Crippen LogP contribution < -0.4 is 5.32 Å². The summed E-state index contributed by atoms with van der Waals surface area (Å²) in [6, 6.07) is 11.6. The number of hydrogen-bond acceptors (Lipinski definition) is 2. The SMILES string of the molecule is CC1(CNC2CCN(Cc3ccccc3)CC2)CCC1. The van der Waals surface area contributed by atoms with Gasteiger partial charge in [-0.3, -0.25) is 4.90 Å². The largest absolute Gasteiger partial charge is 0.313 e. The van der Waals surface area contributed by atoms with Crippen molar-refractivity contribution < 1.29 is 0 Å². The molecule has 20 heavy (non-hydrogen) atoms. The quantitative estimate of drug-likeness (QED) is 0.883. The molecule has 1 aliphatic carbocycles. The first-order valence-electron chi connectivity index (χ1n) is 8.23. The highest BCUT2D eigenvalue weighted by molar-refractivity contribution is 5.14. The minimum absolute atomic E-state index is 0.612. The molecule has 0 atom stereocenters. The van der Waals surface area contributed by atoms with Crippen molar-refractivity contribution in [1.29, 1.82) is 0 Å². The highest BCUT2D eigenvalue weighted by Gasteiger charge is 2.32. The minimum Gasteiger partial charge on any atom is -0.313 e. The molecular formula is C18H28N2. The van der Waals surface area contributed by atoms with Crippen LogP contribution in [0.3, 0.4) is 0 Å². The second kappa shape index (κ2) is 6.28. The van der Waals surface area contributed by atoms with Gasteiger partial charge in [-0.1, -0.05) is 43.7 Å². The summed E-state index contributed by atoms with van der Waals surface area (Å²) in [5.41, 5.74) is 2.06. The summed E-state index contributed by atoms with van der Waals surface area (Å²) >= 11 is 0. The lowest BCUT2D eigenvalue weighted by Gasteiger charge is -2.41. The Kier molecular flexibility index (Phi) is 4.42. The standard InChI is InChI=1S/C18H28N2/c1-18(10-5-11-18)15-19-17-8-12-20(13-9-17)14-16-6-3-2-4-7-16/h2-4,6-7,17,19H,5,8-15H2,1H3. The van der Waals surface area contributed by atoms with Crippen LogP contribution in [-0.2, 0) is 6.54 Å². The number of benzene rings is 1. The van der Waals surface area contributed by atoms with E-state index in [1.807, 2.05) is 0 Å². The highest BCUT2D eigenvalue weighted by Crippen LogP contribution is 2.39. The monoisotopic (exact) mass is 272 g/mol. The molecule has 2 nitrogen and oxygen atoms in total. The van der Waals surface area contributed by atoms with Crippen molar-refractivity contribution in [3.05, 3.63) is 35.9 Å². The minimum atomic E-state index is 0.612. The van der Waals surface area contributed by atoms with E-state index < -0.39 is 0 Å². The third-order valence-electron chi connectivity index (χ3n) is 5.21. The molecule has 1 aromatic carbocycles. The Morgan fingerprint density at radius 3 is 2.45 bits per heavy atom. The number of hydrogen-bond donors (Lipinski definition) is 1. The third-order valence-corrected chi connectivity index (χ3v) is 5.21. The summed E-state index contributed by atoms with van der Waals surface area (Å²) < 4.78 is 0. The molecule has 1 heterocycles. The molecule has 2 aliphatic rings. The average Bonchev–Trinajstić information content (AvgIpc) is 2.46. The molecule has 1 N–H and O–H groups in total. The Bertz CT molecular complexity index is 403. The summed E-state index contributed by atoms with van der Waals surface area (Å²) in [4.78, 5) is 2.60. The van der Waals surface area contributed by atoms with Crippen LogP contribution in [0.5, 0.6) is 0 Å². The fourth-order valence-corrected chi connectivity index (χ4v) is 3.48. The van der Waals surface area contributed by atoms with Crippen molar-refractivity contribution >= 4 is 0 Å². The molecule has 0 bridgehead atoms. The van der Waals surface area contributed by atoms with Crippen molar-refractivity contribution in [3.8, 4) is 0 Å². The number of piperidine rings is 1. The van der Waals surface area contributed by atoms with Crippen LogP contribution in [0.2, 0.25) is 0 Å². The van der Waals surface area contributed by atoms with E-state index in [1.165, 1.54) is 57.3 Å². The molecule has 1 aliphatic heterocycles. The van der Waals surface area contributed by atoms with Crippen LogP contribution in [0.25, 0.3) is 0 Å². The lowest BCUT2D eigenvalue weighted by atomic mass is 9.70. The number of nitrogens with zero attached hydrogens (tertiary/aromatic N) is 1. The maximum atomic E-state index is 3.82. The van der Waals surface area contributed by atoms with Crippen molar-refractivity contribution in [3.63, 3.8) is 0 Å². The molecular weight excluding hydrogens is 244 g/mol. The molecule has 0 radical (unpaired) electrons. The van der Waals surface area contributed by atoms with E-state index in [2.05, 4.69) is 47.5 Å². The van der Waals surface area contributed by atoms with Crippen LogP contribution in [0.1, 0.15) is 44.6 Å². The first-order valence-corrected chi connectivity index (χ1v) is 8.23. The van der Waals surface area contributed by atoms with Gasteiger partial charge < -0.3 is 5.32 Å². The van der Waals surface area contributed by atoms with Crippen LogP contribution in [0.4, 0.5) is 0 Å². The molecule has 3 rings (SSSR count). The fraction of sp³-hybridized carbons (Fsp3) is 0.667. The average molecular weight is 272 g/mol. The second-order valence-corrected chi connectivity index (χ2v) is 7.08. The maximum absolute atomic E-state index is 3.82. The topological polar surface area (TPSA) is 15.3 Å². The van der Waals surface area contributed by atoms with Gasteiger partial charge in [-0.15, -0.1) is 0 Å². The van der Waals surface area contributed by atoms with Gasteiger partial charge in [0.15, 0.2) is 0 Å². The molecule has 2 heteroatoms. The van der Waals surface area contributed by atoms with Gasteiger partial charge in [-0.25, -0.2) is 0 Å². The Morgan fingerprint density at radius 2 is 1.85 bits per heavy atom. The number of likely N-dealkylation sites (tertiary alicyclic amines) is 1. The van der Waals surface area contributed by atoms with Crippen LogP contribution in [0, 0.1) is 5.41 Å². The van der Waals surface area contributed by atoms with Gasteiger partial charge in [0.2, 0.25) is 0 Å². The smallest absolute Gasteiger partial charge is 0.0233 e. The van der Waals surface area contributed by atoms with Gasteiger partial charge in [-0.05, 0) is 49.8 Å². The number of rotatable bonds is 5. The normalized spacial score (nSPS) is 23.4. The van der Waals surface area contributed by atoms with Gasteiger partial charge in [0.25, 0.3) is 0 Å². The Labute approximate surface area is 123 Å². The third kappa shape index (κ3) is 3.62. The summed E-state index contributed by atoms with van der Waals surface area (Å²) in [6.07, 6.45) is 6.90. The van der Waals surface area contributed by atoms with Crippen molar-refractivity contribution in [2.45, 2.75) is 51.6 Å². The van der Waals surface area contributed by atoms with Gasteiger partial charge in [0, 0.05) is 19.1 Å². The van der Waals surface area contributed by atoms with Crippen molar-refractivity contribution in [2.75, 3.05) is 19.6 Å². The van der Waals surface area contributed by atoms with Gasteiger partial charge in [0.1, 0.15) is 0 Å². The Balaban J connectivity index is 1.38. The number of nitrogens with one attached hydrogen (secondary N) is 1. The van der Waals surface area contributed by atoms with E-state index in [4.69, 9.17) is 0 Å². The van der Waals surface area contributed by atoms with Gasteiger partial charge in [0.05, 0.1) is 0 Å². The molecule has 1 aromatic rings. The molecule has 0 unspecified atom stereocenters. The van der Waals surface area contributed by atoms with E-state index in [0.29, 0.717) is 5.41 Å². The van der Waals surface area contributed by atoms with Crippen LogP contribution in [0.15, 0.2) is 30.3 Å². The first-order chi connectivity index (χ1) is 9.73. The lowest BCUT2D eigenvalue weighted by Crippen LogP contribution is -2.46. The first kappa shape index (κ1) is 14.1. The van der Waals surface area contributed by atoms with Gasteiger partial charge in [-0.2, -0.15) is 0 Å². The lowest BCUT2D eigenvalue weighted by molar-refractivity contribution is 0.132. The maximum Gasteiger partial charge on any atom is 0.0233 e. The predicted molar refractivity (Wildman–Crippen MR) is 84.7 cm³/mol. The zero-order valence-electron chi connectivity index (χ0n) is 12.8. The van der Waals surface area contributed by atoms with Crippen molar-refractivity contribution in [1.82, 2.24) is 10.2 Å². The van der Waals surface area contributed by atoms with Crippen LogP contribution in [-0.4, -0.2) is 30.6 Å². The second-order valence-electron chi connectivity index (χ2n) is 7.08. The molecule has 0 amide bonds. The summed E-state index contributed by atoms with van der Waals surface area (Å²) in [6.45, 7) is 7.27. The van der Waals surface area contributed by atoms with E-state index in [0.717, 1.165) is 12.6 Å². The summed E-state index contributed by atoms with van der Waals surface area (Å²) in [5.74, 6) is 0. The highest BCUT2D eigenvalue weighted by atomic mass is 15.1. The van der Waals surface area contributed by atoms with E-state index in [9.17, 15) is 0 Å². The van der Waals surface area contributed by atoms with E-state index in [-0.39, 0.29) is 0 Å². The van der Waals surface area contributed by atoms with E-state index >= 15 is 0 Å². The molecule has 0 spiro atoms. The molecule has 1 saturated carbocycles. The zero-order valence-corrected chi connectivity index (χ0v) is 12.8. The van der Waals surface area contributed by atoms with E-state index in [1.54, 1.807) is 0 Å². The molecule has 0 aromatic heterocycles. The summed E-state index contributed by atoms with van der Waals surface area (Å²) in [7, 11) is 0. The van der Waals surface area contributed by atoms with Crippen LogP contribution >= 0.6 is 0 Å². The van der Waals surface area contributed by atoms with Crippen molar-refractivity contribution in [2.24, 2.45) is 5.41 Å². The Morgan fingerprint density at radius 1 is 1.15 bits per heavy atom. The van der Waals surface area contributed by atoms with Gasteiger partial charge >= 0.3 is 0 Å². The molecule has 110 valence electrons. The summed E-state index contributed by atoms with van der Waals surface area (Å²) in [5, 5.41) is 3.82.